The Morgan fingerprint density at radius 1 is 1.36 bits per heavy atom. The Kier molecular flexibility index (Phi) is 2.33. The molecule has 0 radical (unpaired) electrons. The molecular weight excluding hydrogens is 190 g/mol. The maximum absolute atomic E-state index is 12.8. The van der Waals surface area contributed by atoms with Gasteiger partial charge in [0.25, 0.3) is 0 Å². The summed E-state index contributed by atoms with van der Waals surface area (Å²) >= 11 is 0. The third kappa shape index (κ3) is 1.81. The molecule has 1 aliphatic heterocycles. The molecule has 1 saturated carbocycles. The molecule has 2 fully saturated rings. The van der Waals surface area contributed by atoms with E-state index in [1.807, 2.05) is 0 Å². The SMILES string of the molecule is O=C1NCCN1C1CCC(F)(F)CC1. The smallest absolute Gasteiger partial charge is 0.317 e. The molecule has 80 valence electrons. The first-order valence-corrected chi connectivity index (χ1v) is 5.01. The van der Waals surface area contributed by atoms with Crippen LogP contribution in [0.5, 0.6) is 0 Å². The topological polar surface area (TPSA) is 32.3 Å². The van der Waals surface area contributed by atoms with Crippen molar-refractivity contribution >= 4 is 6.03 Å². The number of hydrogen-bond acceptors (Lipinski definition) is 1. The van der Waals surface area contributed by atoms with E-state index in [2.05, 4.69) is 5.32 Å². The number of hydrogen-bond donors (Lipinski definition) is 1. The van der Waals surface area contributed by atoms with Crippen molar-refractivity contribution < 1.29 is 13.6 Å². The molecule has 5 heteroatoms. The first-order valence-electron chi connectivity index (χ1n) is 5.01. The summed E-state index contributed by atoms with van der Waals surface area (Å²) in [5, 5.41) is 2.69. The molecular formula is C9H14F2N2O. The van der Waals surface area contributed by atoms with Crippen molar-refractivity contribution in [1.29, 1.82) is 0 Å². The van der Waals surface area contributed by atoms with E-state index >= 15 is 0 Å². The van der Waals surface area contributed by atoms with Crippen molar-refractivity contribution in [3.8, 4) is 0 Å². The van der Waals surface area contributed by atoms with Crippen LogP contribution in [0.1, 0.15) is 25.7 Å². The summed E-state index contributed by atoms with van der Waals surface area (Å²) in [6, 6.07) is -0.0719. The first kappa shape index (κ1) is 9.68. The lowest BCUT2D eigenvalue weighted by Crippen LogP contribution is -2.42. The van der Waals surface area contributed by atoms with Crippen LogP contribution in [0.2, 0.25) is 0 Å². The van der Waals surface area contributed by atoms with Crippen molar-refractivity contribution in [3.05, 3.63) is 0 Å². The Bertz CT molecular complexity index is 235. The standard InChI is InChI=1S/C9H14F2N2O/c10-9(11)3-1-7(2-4-9)13-6-5-12-8(13)14/h7H,1-6H2,(H,12,14). The molecule has 0 spiro atoms. The molecule has 0 atom stereocenters. The lowest BCUT2D eigenvalue weighted by Gasteiger charge is -2.33. The highest BCUT2D eigenvalue weighted by atomic mass is 19.3. The molecule has 1 saturated heterocycles. The Balaban J connectivity index is 1.92. The van der Waals surface area contributed by atoms with Gasteiger partial charge >= 0.3 is 6.03 Å². The molecule has 14 heavy (non-hydrogen) atoms. The lowest BCUT2D eigenvalue weighted by atomic mass is 9.91. The molecule has 2 amide bonds. The molecule has 2 rings (SSSR count). The summed E-state index contributed by atoms with van der Waals surface area (Å²) in [6.07, 6.45) is 0.698. The van der Waals surface area contributed by atoms with Crippen molar-refractivity contribution in [2.24, 2.45) is 0 Å². The molecule has 1 heterocycles. The fourth-order valence-electron chi connectivity index (χ4n) is 2.17. The third-order valence-corrected chi connectivity index (χ3v) is 3.02. The highest BCUT2D eigenvalue weighted by molar-refractivity contribution is 5.76. The second-order valence-corrected chi connectivity index (χ2v) is 4.01. The minimum Gasteiger partial charge on any atom is -0.336 e. The van der Waals surface area contributed by atoms with E-state index in [1.165, 1.54) is 0 Å². The van der Waals surface area contributed by atoms with Gasteiger partial charge in [-0.3, -0.25) is 0 Å². The number of carbonyl (C=O) groups is 1. The van der Waals surface area contributed by atoms with Gasteiger partial charge in [-0.2, -0.15) is 0 Å². The zero-order chi connectivity index (χ0) is 10.2. The van der Waals surface area contributed by atoms with Gasteiger partial charge in [-0.05, 0) is 12.8 Å². The Morgan fingerprint density at radius 2 is 2.00 bits per heavy atom. The van der Waals surface area contributed by atoms with E-state index in [9.17, 15) is 13.6 Å². The van der Waals surface area contributed by atoms with Gasteiger partial charge in [-0.15, -0.1) is 0 Å². The van der Waals surface area contributed by atoms with Gasteiger partial charge < -0.3 is 10.2 Å². The summed E-state index contributed by atoms with van der Waals surface area (Å²) in [6.45, 7) is 1.31. The molecule has 0 unspecified atom stereocenters. The van der Waals surface area contributed by atoms with Crippen LogP contribution in [0.3, 0.4) is 0 Å². The van der Waals surface area contributed by atoms with Gasteiger partial charge in [-0.25, -0.2) is 13.6 Å². The Labute approximate surface area is 81.4 Å². The molecule has 1 aliphatic carbocycles. The minimum absolute atomic E-state index is 0.0251. The second kappa shape index (κ2) is 3.37. The fourth-order valence-corrected chi connectivity index (χ4v) is 2.17. The van der Waals surface area contributed by atoms with E-state index in [0.29, 0.717) is 25.9 Å². The molecule has 2 aliphatic rings. The Hall–Kier alpha value is -0.870. The quantitative estimate of drug-likeness (QED) is 0.691. The Morgan fingerprint density at radius 3 is 2.50 bits per heavy atom. The van der Waals surface area contributed by atoms with Crippen LogP contribution in [0.4, 0.5) is 13.6 Å². The van der Waals surface area contributed by atoms with E-state index in [1.54, 1.807) is 4.90 Å². The highest BCUT2D eigenvalue weighted by Gasteiger charge is 2.39. The summed E-state index contributed by atoms with van der Waals surface area (Å²) < 4.78 is 25.7. The van der Waals surface area contributed by atoms with Crippen molar-refractivity contribution in [3.63, 3.8) is 0 Å². The van der Waals surface area contributed by atoms with Crippen LogP contribution >= 0.6 is 0 Å². The normalized spacial score (nSPS) is 27.9. The number of alkyl halides is 2. The van der Waals surface area contributed by atoms with Gasteiger partial charge in [0.1, 0.15) is 0 Å². The summed E-state index contributed by atoms with van der Waals surface area (Å²) in [4.78, 5) is 13.0. The monoisotopic (exact) mass is 204 g/mol. The average Bonchev–Trinajstić information content (AvgIpc) is 2.52. The van der Waals surface area contributed by atoms with E-state index in [4.69, 9.17) is 0 Å². The predicted molar refractivity (Wildman–Crippen MR) is 47.3 cm³/mol. The lowest BCUT2D eigenvalue weighted by molar-refractivity contribution is -0.0482. The van der Waals surface area contributed by atoms with Gasteiger partial charge in [0.15, 0.2) is 0 Å². The number of urea groups is 1. The number of amides is 2. The number of halogens is 2. The van der Waals surface area contributed by atoms with Crippen LogP contribution in [-0.4, -0.2) is 36.0 Å². The van der Waals surface area contributed by atoms with Gasteiger partial charge in [0.2, 0.25) is 5.92 Å². The third-order valence-electron chi connectivity index (χ3n) is 3.02. The first-order chi connectivity index (χ1) is 6.58. The van der Waals surface area contributed by atoms with Crippen LogP contribution in [0, 0.1) is 0 Å². The van der Waals surface area contributed by atoms with Gasteiger partial charge in [0, 0.05) is 32.0 Å². The minimum atomic E-state index is -2.51. The highest BCUT2D eigenvalue weighted by Crippen LogP contribution is 2.35. The van der Waals surface area contributed by atoms with Crippen molar-refractivity contribution in [2.75, 3.05) is 13.1 Å². The molecule has 0 aromatic carbocycles. The molecule has 3 nitrogen and oxygen atoms in total. The number of nitrogens with zero attached hydrogens (tertiary/aromatic N) is 1. The summed E-state index contributed by atoms with van der Waals surface area (Å²) in [7, 11) is 0. The average molecular weight is 204 g/mol. The van der Waals surface area contributed by atoms with Crippen molar-refractivity contribution in [1.82, 2.24) is 10.2 Å². The van der Waals surface area contributed by atoms with Crippen molar-refractivity contribution in [2.45, 2.75) is 37.6 Å². The maximum Gasteiger partial charge on any atom is 0.317 e. The van der Waals surface area contributed by atoms with E-state index in [0.717, 1.165) is 0 Å². The van der Waals surface area contributed by atoms with Gasteiger partial charge in [0.05, 0.1) is 0 Å². The summed E-state index contributed by atoms with van der Waals surface area (Å²) in [5.74, 6) is -2.51. The zero-order valence-corrected chi connectivity index (χ0v) is 7.93. The largest absolute Gasteiger partial charge is 0.336 e. The van der Waals surface area contributed by atoms with Gasteiger partial charge in [-0.1, -0.05) is 0 Å². The number of nitrogens with one attached hydrogen (secondary N) is 1. The molecule has 1 N–H and O–H groups in total. The molecule has 0 aromatic heterocycles. The van der Waals surface area contributed by atoms with E-state index in [-0.39, 0.29) is 24.9 Å². The molecule has 0 aromatic rings. The van der Waals surface area contributed by atoms with Crippen LogP contribution in [0.15, 0.2) is 0 Å². The van der Waals surface area contributed by atoms with Crippen LogP contribution in [-0.2, 0) is 0 Å². The predicted octanol–water partition coefficient (Wildman–Crippen LogP) is 1.59. The maximum atomic E-state index is 12.8. The number of rotatable bonds is 1. The number of carbonyl (C=O) groups excluding carboxylic acids is 1. The van der Waals surface area contributed by atoms with Crippen LogP contribution < -0.4 is 5.32 Å². The summed E-state index contributed by atoms with van der Waals surface area (Å²) in [5.41, 5.74) is 0. The fraction of sp³-hybridized carbons (Fsp3) is 0.889. The molecule has 0 bridgehead atoms. The zero-order valence-electron chi connectivity index (χ0n) is 7.93. The van der Waals surface area contributed by atoms with E-state index < -0.39 is 5.92 Å². The second-order valence-electron chi connectivity index (χ2n) is 4.01. The van der Waals surface area contributed by atoms with Crippen LogP contribution in [0.25, 0.3) is 0 Å².